The summed E-state index contributed by atoms with van der Waals surface area (Å²) in [7, 11) is 0. The van der Waals surface area contributed by atoms with Gasteiger partial charge in [0.05, 0.1) is 17.7 Å². The van der Waals surface area contributed by atoms with Crippen molar-refractivity contribution in [1.82, 2.24) is 9.88 Å². The van der Waals surface area contributed by atoms with Crippen LogP contribution in [-0.4, -0.2) is 46.0 Å². The van der Waals surface area contributed by atoms with Gasteiger partial charge in [-0.05, 0) is 61.4 Å². The van der Waals surface area contributed by atoms with Crippen molar-refractivity contribution in [1.29, 1.82) is 0 Å². The number of aliphatic hydroxyl groups excluding tert-OH is 1. The maximum absolute atomic E-state index is 11.2. The monoisotopic (exact) mass is 418 g/mol. The van der Waals surface area contributed by atoms with Gasteiger partial charge < -0.3 is 14.9 Å². The van der Waals surface area contributed by atoms with Crippen LogP contribution >= 0.6 is 0 Å². The van der Waals surface area contributed by atoms with Crippen LogP contribution in [0.4, 0.5) is 0 Å². The normalized spacial score (nSPS) is 19.3. The van der Waals surface area contributed by atoms with Crippen LogP contribution in [0.15, 0.2) is 54.7 Å². The molecule has 0 saturated carbocycles. The molecule has 31 heavy (non-hydrogen) atoms. The van der Waals surface area contributed by atoms with Gasteiger partial charge in [-0.1, -0.05) is 30.3 Å². The molecule has 2 N–H and O–H groups in total. The van der Waals surface area contributed by atoms with E-state index >= 15 is 0 Å². The van der Waals surface area contributed by atoms with Crippen molar-refractivity contribution < 1.29 is 14.9 Å². The summed E-state index contributed by atoms with van der Waals surface area (Å²) in [6.07, 6.45) is 6.37. The predicted molar refractivity (Wildman–Crippen MR) is 121 cm³/mol. The van der Waals surface area contributed by atoms with E-state index in [0.29, 0.717) is 39.0 Å². The third-order valence-electron chi connectivity index (χ3n) is 6.91. The van der Waals surface area contributed by atoms with Crippen LogP contribution in [0.25, 0.3) is 10.9 Å². The minimum atomic E-state index is -0.894. The van der Waals surface area contributed by atoms with E-state index in [9.17, 15) is 10.2 Å². The van der Waals surface area contributed by atoms with Crippen molar-refractivity contribution in [3.8, 4) is 5.75 Å². The fourth-order valence-corrected chi connectivity index (χ4v) is 4.98. The van der Waals surface area contributed by atoms with Crippen molar-refractivity contribution in [2.75, 3.05) is 19.7 Å². The van der Waals surface area contributed by atoms with E-state index in [0.717, 1.165) is 35.1 Å². The number of benzene rings is 2. The summed E-state index contributed by atoms with van der Waals surface area (Å²) in [4.78, 5) is 6.55. The number of ether oxygens (including phenoxy) is 1. The first kappa shape index (κ1) is 20.4. The molecule has 1 saturated heterocycles. The molecule has 1 unspecified atom stereocenters. The van der Waals surface area contributed by atoms with Gasteiger partial charge in [0.15, 0.2) is 0 Å². The Morgan fingerprint density at radius 3 is 2.77 bits per heavy atom. The number of fused-ring (bicyclic) bond motifs is 2. The quantitative estimate of drug-likeness (QED) is 0.638. The van der Waals surface area contributed by atoms with Crippen LogP contribution in [0.2, 0.25) is 0 Å². The van der Waals surface area contributed by atoms with Crippen LogP contribution < -0.4 is 4.74 Å². The summed E-state index contributed by atoms with van der Waals surface area (Å²) in [5.74, 6) is 0.971. The molecule has 0 amide bonds. The number of likely N-dealkylation sites (tertiary alicyclic amines) is 1. The Hall–Kier alpha value is -2.47. The van der Waals surface area contributed by atoms with Crippen LogP contribution in [0.5, 0.6) is 5.75 Å². The largest absolute Gasteiger partial charge is 0.493 e. The zero-order chi connectivity index (χ0) is 21.3. The highest BCUT2D eigenvalue weighted by Gasteiger charge is 2.36. The molecule has 1 atom stereocenters. The SMILES string of the molecule is OC(CCOc1cccc2c1CCC2)N1CCC(O)(c2cnc3ccccc3c2)CC1. The molecule has 1 aromatic heterocycles. The van der Waals surface area contributed by atoms with Gasteiger partial charge in [0.2, 0.25) is 0 Å². The molecular weight excluding hydrogens is 388 g/mol. The third-order valence-corrected chi connectivity index (χ3v) is 6.91. The van der Waals surface area contributed by atoms with Crippen LogP contribution in [0.3, 0.4) is 0 Å². The van der Waals surface area contributed by atoms with E-state index < -0.39 is 11.8 Å². The molecule has 0 radical (unpaired) electrons. The number of aromatic nitrogens is 1. The van der Waals surface area contributed by atoms with E-state index in [1.807, 2.05) is 41.3 Å². The maximum atomic E-state index is 11.2. The van der Waals surface area contributed by atoms with Gasteiger partial charge in [-0.2, -0.15) is 0 Å². The number of pyridine rings is 1. The first-order valence-electron chi connectivity index (χ1n) is 11.4. The van der Waals surface area contributed by atoms with Gasteiger partial charge in [0.25, 0.3) is 0 Å². The number of hydrogen-bond acceptors (Lipinski definition) is 5. The zero-order valence-corrected chi connectivity index (χ0v) is 17.8. The van der Waals surface area contributed by atoms with E-state index in [1.54, 1.807) is 6.20 Å². The Morgan fingerprint density at radius 2 is 1.90 bits per heavy atom. The Labute approximate surface area is 183 Å². The highest BCUT2D eigenvalue weighted by Crippen LogP contribution is 2.34. The highest BCUT2D eigenvalue weighted by molar-refractivity contribution is 5.78. The molecule has 5 rings (SSSR count). The molecule has 1 aliphatic heterocycles. The maximum Gasteiger partial charge on any atom is 0.122 e. The Bertz CT molecular complexity index is 1060. The molecule has 2 aromatic carbocycles. The minimum absolute atomic E-state index is 0.493. The van der Waals surface area contributed by atoms with E-state index in [-0.39, 0.29) is 0 Å². The average molecular weight is 419 g/mol. The first-order chi connectivity index (χ1) is 15.1. The summed E-state index contributed by atoms with van der Waals surface area (Å²) >= 11 is 0. The molecule has 0 spiro atoms. The zero-order valence-electron chi connectivity index (χ0n) is 17.8. The fourth-order valence-electron chi connectivity index (χ4n) is 4.98. The van der Waals surface area contributed by atoms with E-state index in [2.05, 4.69) is 17.1 Å². The number of aryl methyl sites for hydroxylation is 1. The van der Waals surface area contributed by atoms with Crippen molar-refractivity contribution in [2.45, 2.75) is 50.4 Å². The van der Waals surface area contributed by atoms with Gasteiger partial charge >= 0.3 is 0 Å². The Balaban J connectivity index is 1.16. The average Bonchev–Trinajstić information content (AvgIpc) is 3.29. The van der Waals surface area contributed by atoms with Crippen molar-refractivity contribution in [2.24, 2.45) is 0 Å². The van der Waals surface area contributed by atoms with E-state index in [1.165, 1.54) is 17.5 Å². The standard InChI is InChI=1S/C26H30N2O3/c29-25(11-16-31-24-10-4-7-19-6-3-8-22(19)24)28-14-12-26(30,13-15-28)21-17-20-5-1-2-9-23(20)27-18-21/h1-2,4-5,7,9-10,17-18,25,29-30H,3,6,8,11-16H2. The summed E-state index contributed by atoms with van der Waals surface area (Å²) in [6.45, 7) is 1.78. The number of rotatable bonds is 6. The van der Waals surface area contributed by atoms with Gasteiger partial charge in [0.1, 0.15) is 12.0 Å². The highest BCUT2D eigenvalue weighted by atomic mass is 16.5. The lowest BCUT2D eigenvalue weighted by Crippen LogP contribution is -2.47. The topological polar surface area (TPSA) is 65.8 Å². The lowest BCUT2D eigenvalue weighted by atomic mass is 9.84. The minimum Gasteiger partial charge on any atom is -0.493 e. The molecule has 3 aromatic rings. The lowest BCUT2D eigenvalue weighted by Gasteiger charge is -2.40. The van der Waals surface area contributed by atoms with Gasteiger partial charge in [0, 0.05) is 36.7 Å². The summed E-state index contributed by atoms with van der Waals surface area (Å²) in [6, 6.07) is 16.3. The number of para-hydroxylation sites is 1. The van der Waals surface area contributed by atoms with E-state index in [4.69, 9.17) is 4.74 Å². The van der Waals surface area contributed by atoms with Crippen LogP contribution in [-0.2, 0) is 18.4 Å². The number of aliphatic hydroxyl groups is 2. The second-order valence-electron chi connectivity index (χ2n) is 8.85. The van der Waals surface area contributed by atoms with Crippen molar-refractivity contribution >= 4 is 10.9 Å². The summed E-state index contributed by atoms with van der Waals surface area (Å²) in [5, 5.41) is 23.0. The molecule has 5 heteroatoms. The lowest BCUT2D eigenvalue weighted by molar-refractivity contribution is -0.0819. The van der Waals surface area contributed by atoms with Gasteiger partial charge in [-0.15, -0.1) is 0 Å². The molecule has 162 valence electrons. The summed E-state index contributed by atoms with van der Waals surface area (Å²) in [5.41, 5.74) is 3.64. The number of hydrogen-bond donors (Lipinski definition) is 2. The Kier molecular flexibility index (Phi) is 5.65. The van der Waals surface area contributed by atoms with Crippen LogP contribution in [0, 0.1) is 0 Å². The predicted octanol–water partition coefficient (Wildman–Crippen LogP) is 3.79. The fraction of sp³-hybridized carbons (Fsp3) is 0.423. The second-order valence-corrected chi connectivity index (χ2v) is 8.85. The van der Waals surface area contributed by atoms with Gasteiger partial charge in [-0.3, -0.25) is 9.88 Å². The molecule has 1 fully saturated rings. The smallest absolute Gasteiger partial charge is 0.122 e. The number of nitrogens with zero attached hydrogens (tertiary/aromatic N) is 2. The summed E-state index contributed by atoms with van der Waals surface area (Å²) < 4.78 is 6.02. The van der Waals surface area contributed by atoms with Crippen molar-refractivity contribution in [3.05, 3.63) is 71.4 Å². The molecule has 2 heterocycles. The molecule has 1 aliphatic carbocycles. The Morgan fingerprint density at radius 1 is 1.06 bits per heavy atom. The van der Waals surface area contributed by atoms with Crippen LogP contribution in [0.1, 0.15) is 42.4 Å². The number of piperidine rings is 1. The second kappa shape index (κ2) is 8.58. The molecule has 5 nitrogen and oxygen atoms in total. The first-order valence-corrected chi connectivity index (χ1v) is 11.4. The third kappa shape index (κ3) is 4.18. The van der Waals surface area contributed by atoms with Gasteiger partial charge in [-0.25, -0.2) is 0 Å². The van der Waals surface area contributed by atoms with Crippen molar-refractivity contribution in [3.63, 3.8) is 0 Å². The molecular formula is C26H30N2O3. The molecule has 0 bridgehead atoms. The molecule has 2 aliphatic rings.